The Hall–Kier alpha value is -2.12. The summed E-state index contributed by atoms with van der Waals surface area (Å²) in [6.45, 7) is 2.90. The maximum atomic E-state index is 11.6. The number of aliphatic hydroxyl groups is 1. The highest BCUT2D eigenvalue weighted by Gasteiger charge is 2.22. The number of esters is 1. The molecule has 0 amide bonds. The van der Waals surface area contributed by atoms with Gasteiger partial charge in [0, 0.05) is 6.42 Å². The molecule has 1 aromatic carbocycles. The quantitative estimate of drug-likeness (QED) is 0.506. The molecule has 0 fully saturated rings. The number of benzene rings is 1. The third kappa shape index (κ3) is 5.25. The fraction of sp³-hybridized carbons (Fsp3) is 0.375. The molecule has 4 nitrogen and oxygen atoms in total. The molecule has 1 rings (SSSR count). The number of rotatable bonds is 5. The topological polar surface area (TPSA) is 63.6 Å². The highest BCUT2D eigenvalue weighted by molar-refractivity contribution is 5.89. The molecule has 0 aliphatic carbocycles. The Morgan fingerprint density at radius 2 is 1.95 bits per heavy atom. The summed E-state index contributed by atoms with van der Waals surface area (Å²) in [6, 6.07) is 8.74. The summed E-state index contributed by atoms with van der Waals surface area (Å²) in [7, 11) is 0. The Balaban J connectivity index is 2.28. The van der Waals surface area contributed by atoms with Crippen molar-refractivity contribution in [3.63, 3.8) is 0 Å². The molecule has 106 valence electrons. The molecule has 0 saturated carbocycles. The second-order valence-electron chi connectivity index (χ2n) is 4.54. The summed E-state index contributed by atoms with van der Waals surface area (Å²) in [5.74, 6) is 4.45. The highest BCUT2D eigenvalue weighted by atomic mass is 16.5. The maximum absolute atomic E-state index is 11.6. The van der Waals surface area contributed by atoms with E-state index in [-0.39, 0.29) is 18.4 Å². The Morgan fingerprint density at radius 1 is 1.30 bits per heavy atom. The SMILES string of the molecule is CC(=O)C(C)(O)C#CCCCOC(=O)c1ccccc1. The van der Waals surface area contributed by atoms with Crippen LogP contribution in [-0.4, -0.2) is 29.1 Å². The first-order valence-corrected chi connectivity index (χ1v) is 6.39. The molecule has 0 aliphatic rings. The van der Waals surface area contributed by atoms with Crippen molar-refractivity contribution in [1.29, 1.82) is 0 Å². The van der Waals surface area contributed by atoms with Gasteiger partial charge in [-0.05, 0) is 32.4 Å². The average molecular weight is 274 g/mol. The van der Waals surface area contributed by atoms with E-state index in [2.05, 4.69) is 11.8 Å². The summed E-state index contributed by atoms with van der Waals surface area (Å²) in [5.41, 5.74) is -1.08. The molecule has 1 N–H and O–H groups in total. The number of ether oxygens (including phenoxy) is 1. The Kier molecular flexibility index (Phi) is 5.95. The van der Waals surface area contributed by atoms with E-state index in [4.69, 9.17) is 4.74 Å². The molecule has 0 spiro atoms. The third-order valence-electron chi connectivity index (χ3n) is 2.71. The van der Waals surface area contributed by atoms with Gasteiger partial charge in [-0.25, -0.2) is 4.79 Å². The van der Waals surface area contributed by atoms with Crippen LogP contribution in [0.1, 0.15) is 37.0 Å². The van der Waals surface area contributed by atoms with E-state index in [1.165, 1.54) is 13.8 Å². The summed E-state index contributed by atoms with van der Waals surface area (Å²) in [5, 5.41) is 9.58. The average Bonchev–Trinajstić information content (AvgIpc) is 2.43. The number of unbranched alkanes of at least 4 members (excludes halogenated alkanes) is 1. The molecular formula is C16H18O4. The lowest BCUT2D eigenvalue weighted by Gasteiger charge is -2.10. The first-order valence-electron chi connectivity index (χ1n) is 6.39. The zero-order chi connectivity index (χ0) is 15.0. The van der Waals surface area contributed by atoms with Crippen LogP contribution in [0.4, 0.5) is 0 Å². The first kappa shape index (κ1) is 15.9. The van der Waals surface area contributed by atoms with E-state index < -0.39 is 5.60 Å². The number of carbonyl (C=O) groups is 2. The standard InChI is InChI=1S/C16H18O4/c1-13(17)16(2,19)11-7-4-8-12-20-15(18)14-9-5-3-6-10-14/h3,5-6,9-10,19H,4,8,12H2,1-2H3. The van der Waals surface area contributed by atoms with E-state index >= 15 is 0 Å². The van der Waals surface area contributed by atoms with Gasteiger partial charge in [0.05, 0.1) is 12.2 Å². The van der Waals surface area contributed by atoms with E-state index in [0.717, 1.165) is 0 Å². The predicted molar refractivity (Wildman–Crippen MR) is 75.0 cm³/mol. The molecule has 0 radical (unpaired) electrons. The lowest BCUT2D eigenvalue weighted by molar-refractivity contribution is -0.128. The zero-order valence-corrected chi connectivity index (χ0v) is 11.7. The predicted octanol–water partition coefficient (Wildman–Crippen LogP) is 1.97. The highest BCUT2D eigenvalue weighted by Crippen LogP contribution is 2.04. The molecule has 4 heteroatoms. The number of ketones is 1. The molecule has 20 heavy (non-hydrogen) atoms. The van der Waals surface area contributed by atoms with Crippen LogP contribution in [0.2, 0.25) is 0 Å². The van der Waals surface area contributed by atoms with E-state index in [0.29, 0.717) is 18.4 Å². The van der Waals surface area contributed by atoms with Gasteiger partial charge >= 0.3 is 5.97 Å². The van der Waals surface area contributed by atoms with Crippen LogP contribution < -0.4 is 0 Å². The molecular weight excluding hydrogens is 256 g/mol. The van der Waals surface area contributed by atoms with Crippen molar-refractivity contribution in [3.8, 4) is 11.8 Å². The number of carbonyl (C=O) groups excluding carboxylic acids is 2. The fourth-order valence-corrected chi connectivity index (χ4v) is 1.31. The molecule has 1 aromatic rings. The Morgan fingerprint density at radius 3 is 2.55 bits per heavy atom. The van der Waals surface area contributed by atoms with Gasteiger partial charge in [-0.1, -0.05) is 30.0 Å². The van der Waals surface area contributed by atoms with Crippen LogP contribution >= 0.6 is 0 Å². The van der Waals surface area contributed by atoms with Crippen LogP contribution in [0, 0.1) is 11.8 Å². The Bertz CT molecular complexity index is 520. The van der Waals surface area contributed by atoms with Crippen molar-refractivity contribution >= 4 is 11.8 Å². The molecule has 1 atom stereocenters. The molecule has 0 saturated heterocycles. The number of hydrogen-bond acceptors (Lipinski definition) is 4. The van der Waals surface area contributed by atoms with Gasteiger partial charge in [0.1, 0.15) is 0 Å². The summed E-state index contributed by atoms with van der Waals surface area (Å²) >= 11 is 0. The smallest absolute Gasteiger partial charge is 0.338 e. The van der Waals surface area contributed by atoms with Gasteiger partial charge in [0.25, 0.3) is 0 Å². The van der Waals surface area contributed by atoms with Crippen LogP contribution in [0.25, 0.3) is 0 Å². The van der Waals surface area contributed by atoms with Crippen molar-refractivity contribution in [2.24, 2.45) is 0 Å². The summed E-state index contributed by atoms with van der Waals surface area (Å²) in [4.78, 5) is 22.6. The van der Waals surface area contributed by atoms with Crippen molar-refractivity contribution < 1.29 is 19.4 Å². The second-order valence-corrected chi connectivity index (χ2v) is 4.54. The van der Waals surface area contributed by atoms with Crippen molar-refractivity contribution in [2.75, 3.05) is 6.61 Å². The zero-order valence-electron chi connectivity index (χ0n) is 11.7. The lowest BCUT2D eigenvalue weighted by atomic mass is 10.0. The van der Waals surface area contributed by atoms with Crippen molar-refractivity contribution in [2.45, 2.75) is 32.3 Å². The Labute approximate surface area is 118 Å². The molecule has 0 bridgehead atoms. The van der Waals surface area contributed by atoms with E-state index in [9.17, 15) is 14.7 Å². The fourth-order valence-electron chi connectivity index (χ4n) is 1.31. The molecule has 0 heterocycles. The first-order chi connectivity index (χ1) is 9.43. The van der Waals surface area contributed by atoms with Gasteiger partial charge in [-0.15, -0.1) is 0 Å². The minimum atomic E-state index is -1.60. The normalized spacial score (nSPS) is 12.8. The van der Waals surface area contributed by atoms with Crippen LogP contribution in [0.15, 0.2) is 30.3 Å². The molecule has 0 aromatic heterocycles. The molecule has 1 unspecified atom stereocenters. The van der Waals surface area contributed by atoms with Gasteiger partial charge < -0.3 is 9.84 Å². The van der Waals surface area contributed by atoms with E-state index in [1.807, 2.05) is 6.07 Å². The largest absolute Gasteiger partial charge is 0.462 e. The lowest BCUT2D eigenvalue weighted by Crippen LogP contribution is -2.30. The monoisotopic (exact) mass is 274 g/mol. The van der Waals surface area contributed by atoms with E-state index in [1.54, 1.807) is 24.3 Å². The van der Waals surface area contributed by atoms with Crippen molar-refractivity contribution in [1.82, 2.24) is 0 Å². The number of Topliss-reactive ketones (excluding diaryl/α,β-unsaturated/α-hetero) is 1. The summed E-state index contributed by atoms with van der Waals surface area (Å²) in [6.07, 6.45) is 1.01. The molecule has 0 aliphatic heterocycles. The van der Waals surface area contributed by atoms with Crippen molar-refractivity contribution in [3.05, 3.63) is 35.9 Å². The van der Waals surface area contributed by atoms with Crippen LogP contribution in [0.5, 0.6) is 0 Å². The second kappa shape index (κ2) is 7.46. The maximum Gasteiger partial charge on any atom is 0.338 e. The van der Waals surface area contributed by atoms with Gasteiger partial charge in [-0.3, -0.25) is 4.79 Å². The van der Waals surface area contributed by atoms with Gasteiger partial charge in [-0.2, -0.15) is 0 Å². The van der Waals surface area contributed by atoms with Gasteiger partial charge in [0.2, 0.25) is 0 Å². The number of hydrogen-bond donors (Lipinski definition) is 1. The third-order valence-corrected chi connectivity index (χ3v) is 2.71. The van der Waals surface area contributed by atoms with Gasteiger partial charge in [0.15, 0.2) is 11.4 Å². The minimum absolute atomic E-state index is 0.255. The van der Waals surface area contributed by atoms with Crippen LogP contribution in [-0.2, 0) is 9.53 Å². The minimum Gasteiger partial charge on any atom is -0.462 e. The summed E-state index contributed by atoms with van der Waals surface area (Å²) < 4.78 is 5.07. The van der Waals surface area contributed by atoms with Crippen LogP contribution in [0.3, 0.4) is 0 Å².